The predicted octanol–water partition coefficient (Wildman–Crippen LogP) is 5.04. The first kappa shape index (κ1) is 21.2. The Labute approximate surface area is 196 Å². The van der Waals surface area contributed by atoms with Crippen molar-refractivity contribution in [1.82, 2.24) is 15.3 Å². The van der Waals surface area contributed by atoms with E-state index in [1.807, 2.05) is 13.0 Å². The van der Waals surface area contributed by atoms with Gasteiger partial charge in [0.2, 0.25) is 0 Å². The van der Waals surface area contributed by atoms with E-state index in [9.17, 15) is 4.39 Å². The molecule has 0 atom stereocenters. The van der Waals surface area contributed by atoms with Crippen LogP contribution in [0, 0.1) is 17.6 Å². The maximum atomic E-state index is 15.2. The fourth-order valence-electron chi connectivity index (χ4n) is 4.64. The smallest absolute Gasteiger partial charge is 0.324 e. The van der Waals surface area contributed by atoms with Gasteiger partial charge >= 0.3 is 6.01 Å². The summed E-state index contributed by atoms with van der Waals surface area (Å²) in [6.45, 7) is 4.14. The monoisotopic (exact) mass is 461 g/mol. The zero-order chi connectivity index (χ0) is 23.2. The van der Waals surface area contributed by atoms with Crippen molar-refractivity contribution in [2.24, 2.45) is 10.9 Å². The first-order chi connectivity index (χ1) is 16.5. The van der Waals surface area contributed by atoms with Crippen LogP contribution in [0.4, 0.5) is 14.6 Å². The summed E-state index contributed by atoms with van der Waals surface area (Å²) in [5.74, 6) is 0.580. The van der Waals surface area contributed by atoms with Crippen LogP contribution in [0.5, 0.6) is 11.8 Å². The molecule has 8 heteroatoms. The lowest BCUT2D eigenvalue weighted by molar-refractivity contribution is 0.405. The van der Waals surface area contributed by atoms with Crippen LogP contribution >= 0.6 is 0 Å². The minimum atomic E-state index is -0.602. The van der Waals surface area contributed by atoms with Crippen molar-refractivity contribution in [2.75, 3.05) is 25.0 Å². The number of rotatable bonds is 5. The van der Waals surface area contributed by atoms with Gasteiger partial charge in [-0.2, -0.15) is 9.97 Å². The maximum Gasteiger partial charge on any atom is 0.324 e. The Morgan fingerprint density at radius 3 is 2.82 bits per heavy atom. The van der Waals surface area contributed by atoms with Crippen molar-refractivity contribution < 1.29 is 13.5 Å². The van der Waals surface area contributed by atoms with E-state index in [0.717, 1.165) is 42.6 Å². The minimum absolute atomic E-state index is 0.0404. The molecule has 2 aliphatic carbocycles. The second-order valence-electron chi connectivity index (χ2n) is 9.26. The SMILES string of the molecule is CC1=Cc2c(F)c(Oc3nc(NC4=NCC(C5CC5)=C4)cc(C4=CCNCC4)n3)cc(F)c2C1. The molecule has 1 fully saturated rings. The Bertz CT molecular complexity index is 1310. The Hall–Kier alpha value is -3.39. The van der Waals surface area contributed by atoms with Gasteiger partial charge in [0.1, 0.15) is 17.5 Å². The molecule has 0 amide bonds. The second kappa shape index (κ2) is 8.43. The molecule has 4 aliphatic rings. The van der Waals surface area contributed by atoms with Crippen molar-refractivity contribution in [3.63, 3.8) is 0 Å². The number of aliphatic imine (C=N–C) groups is 1. The number of allylic oxidation sites excluding steroid dienone is 1. The summed E-state index contributed by atoms with van der Waals surface area (Å²) in [4.78, 5) is 13.6. The van der Waals surface area contributed by atoms with Gasteiger partial charge in [-0.3, -0.25) is 4.99 Å². The molecule has 6 nitrogen and oxygen atoms in total. The molecule has 34 heavy (non-hydrogen) atoms. The number of halogens is 2. The summed E-state index contributed by atoms with van der Waals surface area (Å²) < 4.78 is 35.6. The lowest BCUT2D eigenvalue weighted by Gasteiger charge is -2.16. The highest BCUT2D eigenvalue weighted by Gasteiger charge is 2.28. The molecule has 0 bridgehead atoms. The van der Waals surface area contributed by atoms with Crippen LogP contribution in [0.2, 0.25) is 0 Å². The Balaban J connectivity index is 1.34. The van der Waals surface area contributed by atoms with Gasteiger partial charge in [-0.15, -0.1) is 0 Å². The minimum Gasteiger partial charge on any atom is -0.421 e. The van der Waals surface area contributed by atoms with Gasteiger partial charge < -0.3 is 15.4 Å². The summed E-state index contributed by atoms with van der Waals surface area (Å²) in [7, 11) is 0. The fraction of sp³-hybridized carbons (Fsp3) is 0.346. The van der Waals surface area contributed by atoms with E-state index >= 15 is 4.39 Å². The average Bonchev–Trinajstić information content (AvgIpc) is 3.45. The molecule has 2 aromatic rings. The van der Waals surface area contributed by atoms with Gasteiger partial charge in [-0.25, -0.2) is 8.78 Å². The van der Waals surface area contributed by atoms with Crippen molar-refractivity contribution in [1.29, 1.82) is 0 Å². The highest BCUT2D eigenvalue weighted by molar-refractivity contribution is 6.05. The summed E-state index contributed by atoms with van der Waals surface area (Å²) in [6, 6.07) is 2.89. The van der Waals surface area contributed by atoms with Gasteiger partial charge in [0.15, 0.2) is 11.6 Å². The zero-order valence-electron chi connectivity index (χ0n) is 18.9. The van der Waals surface area contributed by atoms with Gasteiger partial charge in [0, 0.05) is 29.8 Å². The van der Waals surface area contributed by atoms with E-state index in [1.54, 1.807) is 6.08 Å². The molecule has 2 N–H and O–H groups in total. The number of ether oxygens (including phenoxy) is 1. The molecule has 6 rings (SSSR count). The fourth-order valence-corrected chi connectivity index (χ4v) is 4.64. The number of amidine groups is 1. The molecular formula is C26H25F2N5O. The zero-order valence-corrected chi connectivity index (χ0v) is 18.9. The molecule has 1 aromatic heterocycles. The number of hydrogen-bond donors (Lipinski definition) is 2. The van der Waals surface area contributed by atoms with E-state index < -0.39 is 11.6 Å². The predicted molar refractivity (Wildman–Crippen MR) is 128 cm³/mol. The Morgan fingerprint density at radius 1 is 1.15 bits per heavy atom. The Kier molecular flexibility index (Phi) is 5.25. The van der Waals surface area contributed by atoms with Crippen molar-refractivity contribution in [3.05, 3.63) is 63.9 Å². The van der Waals surface area contributed by atoms with Gasteiger partial charge in [-0.05, 0) is 62.3 Å². The average molecular weight is 462 g/mol. The number of fused-ring (bicyclic) bond motifs is 1. The second-order valence-corrected chi connectivity index (χ2v) is 9.26. The first-order valence-corrected chi connectivity index (χ1v) is 11.7. The largest absolute Gasteiger partial charge is 0.421 e. The molecule has 0 saturated heterocycles. The number of benzene rings is 1. The van der Waals surface area contributed by atoms with Crippen LogP contribution in [0.1, 0.15) is 43.0 Å². The van der Waals surface area contributed by atoms with Crippen molar-refractivity contribution >= 4 is 23.3 Å². The third-order valence-electron chi connectivity index (χ3n) is 6.58. The molecule has 3 heterocycles. The molecule has 2 aliphatic heterocycles. The summed E-state index contributed by atoms with van der Waals surface area (Å²) in [5, 5.41) is 6.54. The number of anilines is 1. The quantitative estimate of drug-likeness (QED) is 0.653. The normalized spacial score (nSPS) is 19.3. The van der Waals surface area contributed by atoms with Crippen LogP contribution < -0.4 is 15.4 Å². The number of hydrogen-bond acceptors (Lipinski definition) is 6. The highest BCUT2D eigenvalue weighted by atomic mass is 19.1. The Morgan fingerprint density at radius 2 is 2.03 bits per heavy atom. The van der Waals surface area contributed by atoms with Gasteiger partial charge in [0.05, 0.1) is 12.2 Å². The van der Waals surface area contributed by atoms with Crippen LogP contribution in [0.15, 0.2) is 40.4 Å². The van der Waals surface area contributed by atoms with E-state index in [4.69, 9.17) is 4.74 Å². The van der Waals surface area contributed by atoms with Crippen molar-refractivity contribution in [2.45, 2.75) is 32.6 Å². The van der Waals surface area contributed by atoms with E-state index in [1.165, 1.54) is 18.4 Å². The van der Waals surface area contributed by atoms with Crippen LogP contribution in [0.3, 0.4) is 0 Å². The third-order valence-corrected chi connectivity index (χ3v) is 6.58. The molecule has 0 spiro atoms. The molecule has 0 radical (unpaired) electrons. The number of nitrogens with zero attached hydrogens (tertiary/aromatic N) is 3. The molecular weight excluding hydrogens is 436 g/mol. The summed E-state index contributed by atoms with van der Waals surface area (Å²) >= 11 is 0. The molecule has 1 aromatic carbocycles. The van der Waals surface area contributed by atoms with Gasteiger partial charge in [-0.1, -0.05) is 17.7 Å². The lowest BCUT2D eigenvalue weighted by atomic mass is 10.1. The van der Waals surface area contributed by atoms with Crippen molar-refractivity contribution in [3.8, 4) is 11.8 Å². The summed E-state index contributed by atoms with van der Waals surface area (Å²) in [5.41, 5.74) is 4.59. The first-order valence-electron chi connectivity index (χ1n) is 11.7. The molecule has 0 unspecified atom stereocenters. The molecule has 174 valence electrons. The van der Waals surface area contributed by atoms with E-state index in [2.05, 4.69) is 37.7 Å². The molecule has 1 saturated carbocycles. The van der Waals surface area contributed by atoms with E-state index in [-0.39, 0.29) is 17.3 Å². The number of nitrogens with one attached hydrogen (secondary N) is 2. The third kappa shape index (κ3) is 4.14. The van der Waals surface area contributed by atoms with Crippen LogP contribution in [-0.2, 0) is 6.42 Å². The standard InChI is InChI=1S/C26H25F2N5O/c1-14-8-18-19(9-14)25(28)22(11-20(18)27)34-26-31-21(16-4-6-29-7-5-16)12-24(33-26)32-23-10-17(13-30-23)15-2-3-15/h4,9-12,15,29H,2-3,5-8,13H2,1H3,(H,30,31,32,33). The van der Waals surface area contributed by atoms with Crippen LogP contribution in [0.25, 0.3) is 11.6 Å². The summed E-state index contributed by atoms with van der Waals surface area (Å²) in [6.07, 6.45) is 9.46. The van der Waals surface area contributed by atoms with Crippen LogP contribution in [-0.4, -0.2) is 35.4 Å². The van der Waals surface area contributed by atoms with E-state index in [0.29, 0.717) is 36.0 Å². The number of aromatic nitrogens is 2. The van der Waals surface area contributed by atoms with Gasteiger partial charge in [0.25, 0.3) is 0 Å². The topological polar surface area (TPSA) is 71.4 Å². The lowest BCUT2D eigenvalue weighted by Crippen LogP contribution is -2.20. The highest BCUT2D eigenvalue weighted by Crippen LogP contribution is 2.38. The maximum absolute atomic E-state index is 15.2.